The Hall–Kier alpha value is -1.79. The number of aromatic nitrogens is 3. The summed E-state index contributed by atoms with van der Waals surface area (Å²) >= 11 is 6.73. The van der Waals surface area contributed by atoms with Gasteiger partial charge in [0.25, 0.3) is 5.56 Å². The molecule has 0 aliphatic carbocycles. The lowest BCUT2D eigenvalue weighted by atomic mass is 10.2. The van der Waals surface area contributed by atoms with Gasteiger partial charge in [-0.25, -0.2) is 4.98 Å². The molecule has 0 bridgehead atoms. The number of thiazole rings is 1. The molecule has 1 aromatic carbocycles. The van der Waals surface area contributed by atoms with Crippen LogP contribution in [0.4, 0.5) is 0 Å². The maximum Gasteiger partial charge on any atom is 0.262 e. The normalized spacial score (nSPS) is 10.9. The van der Waals surface area contributed by atoms with Crippen LogP contribution in [0.5, 0.6) is 0 Å². The number of H-pyrrole nitrogens is 1. The fraction of sp³-hybridized carbons (Fsp3) is 0.0833. The van der Waals surface area contributed by atoms with Crippen LogP contribution in [0.15, 0.2) is 40.6 Å². The van der Waals surface area contributed by atoms with Crippen LogP contribution in [0, 0.1) is 4.77 Å². The van der Waals surface area contributed by atoms with Crippen molar-refractivity contribution in [1.29, 1.82) is 0 Å². The van der Waals surface area contributed by atoms with E-state index in [0.717, 1.165) is 10.5 Å². The average molecular weight is 275 g/mol. The zero-order valence-electron chi connectivity index (χ0n) is 9.29. The summed E-state index contributed by atoms with van der Waals surface area (Å²) in [5.74, 6) is 0. The third kappa shape index (κ3) is 1.89. The number of aromatic amines is 1. The average Bonchev–Trinajstić information content (AvgIpc) is 2.87. The summed E-state index contributed by atoms with van der Waals surface area (Å²) in [5.41, 5.74) is 0.687. The summed E-state index contributed by atoms with van der Waals surface area (Å²) in [6.45, 7) is 0.413. The molecule has 1 N–H and O–H groups in total. The maximum atomic E-state index is 12.3. The highest BCUT2D eigenvalue weighted by Crippen LogP contribution is 2.09. The minimum atomic E-state index is -0.0791. The molecule has 0 spiro atoms. The number of rotatable bonds is 2. The quantitative estimate of drug-likeness (QED) is 0.731. The van der Waals surface area contributed by atoms with E-state index in [2.05, 4.69) is 9.97 Å². The van der Waals surface area contributed by atoms with Crippen LogP contribution in [0.25, 0.3) is 10.9 Å². The van der Waals surface area contributed by atoms with E-state index in [1.807, 2.05) is 23.6 Å². The molecule has 0 atom stereocenters. The molecule has 0 radical (unpaired) electrons. The van der Waals surface area contributed by atoms with Crippen molar-refractivity contribution in [1.82, 2.24) is 14.5 Å². The standard InChI is InChI=1S/C12H9N3OS2/c16-11-8-3-1-2-4-9(8)14-12(17)15(11)7-10-13-5-6-18-10/h1-6H,7H2,(H,14,17). The van der Waals surface area contributed by atoms with Gasteiger partial charge in [-0.1, -0.05) is 12.1 Å². The number of nitrogens with one attached hydrogen (secondary N) is 1. The molecule has 0 unspecified atom stereocenters. The number of para-hydroxylation sites is 1. The largest absolute Gasteiger partial charge is 0.332 e. The van der Waals surface area contributed by atoms with Gasteiger partial charge in [-0.05, 0) is 24.4 Å². The van der Waals surface area contributed by atoms with Gasteiger partial charge in [0, 0.05) is 11.6 Å². The van der Waals surface area contributed by atoms with Gasteiger partial charge in [0.05, 0.1) is 17.4 Å². The number of benzene rings is 1. The van der Waals surface area contributed by atoms with Crippen molar-refractivity contribution in [2.24, 2.45) is 0 Å². The van der Waals surface area contributed by atoms with Crippen LogP contribution in [-0.2, 0) is 6.54 Å². The Labute approximate surface area is 112 Å². The lowest BCUT2D eigenvalue weighted by Gasteiger charge is -2.05. The van der Waals surface area contributed by atoms with Crippen LogP contribution in [0.3, 0.4) is 0 Å². The predicted octanol–water partition coefficient (Wildman–Crippen LogP) is 2.56. The summed E-state index contributed by atoms with van der Waals surface area (Å²) < 4.78 is 1.96. The fourth-order valence-corrected chi connectivity index (χ4v) is 2.67. The second-order valence-electron chi connectivity index (χ2n) is 3.79. The molecule has 3 rings (SSSR count). The van der Waals surface area contributed by atoms with Crippen molar-refractivity contribution in [3.05, 3.63) is 56.0 Å². The minimum Gasteiger partial charge on any atom is -0.332 e. The Morgan fingerprint density at radius 3 is 3.00 bits per heavy atom. The molecule has 0 amide bonds. The highest BCUT2D eigenvalue weighted by Gasteiger charge is 2.06. The summed E-state index contributed by atoms with van der Waals surface area (Å²) in [6, 6.07) is 7.36. The summed E-state index contributed by atoms with van der Waals surface area (Å²) in [7, 11) is 0. The Morgan fingerprint density at radius 1 is 1.39 bits per heavy atom. The van der Waals surface area contributed by atoms with E-state index < -0.39 is 0 Å². The Kier molecular flexibility index (Phi) is 2.81. The number of nitrogens with zero attached hydrogens (tertiary/aromatic N) is 2. The summed E-state index contributed by atoms with van der Waals surface area (Å²) in [6.07, 6.45) is 1.72. The van der Waals surface area contributed by atoms with Crippen LogP contribution in [0.2, 0.25) is 0 Å². The minimum absolute atomic E-state index is 0.0791. The van der Waals surface area contributed by atoms with E-state index in [1.165, 1.54) is 15.9 Å². The third-order valence-corrected chi connectivity index (χ3v) is 3.75. The molecule has 2 aromatic heterocycles. The van der Waals surface area contributed by atoms with Crippen molar-refractivity contribution < 1.29 is 0 Å². The smallest absolute Gasteiger partial charge is 0.262 e. The molecule has 0 fully saturated rings. The van der Waals surface area contributed by atoms with Crippen molar-refractivity contribution >= 4 is 34.5 Å². The van der Waals surface area contributed by atoms with Crippen LogP contribution in [0.1, 0.15) is 5.01 Å². The predicted molar refractivity (Wildman–Crippen MR) is 74.6 cm³/mol. The van der Waals surface area contributed by atoms with Gasteiger partial charge in [0.15, 0.2) is 4.77 Å². The second kappa shape index (κ2) is 4.47. The molecule has 2 heterocycles. The molecular weight excluding hydrogens is 266 g/mol. The molecule has 4 nitrogen and oxygen atoms in total. The zero-order chi connectivity index (χ0) is 12.5. The Balaban J connectivity index is 2.23. The number of fused-ring (bicyclic) bond motifs is 1. The Morgan fingerprint density at radius 2 is 2.22 bits per heavy atom. The van der Waals surface area contributed by atoms with Crippen LogP contribution in [-0.4, -0.2) is 14.5 Å². The van der Waals surface area contributed by atoms with Crippen LogP contribution < -0.4 is 5.56 Å². The van der Waals surface area contributed by atoms with Crippen molar-refractivity contribution in [3.8, 4) is 0 Å². The van der Waals surface area contributed by atoms with E-state index in [-0.39, 0.29) is 5.56 Å². The molecule has 0 saturated carbocycles. The highest BCUT2D eigenvalue weighted by molar-refractivity contribution is 7.71. The lowest BCUT2D eigenvalue weighted by molar-refractivity contribution is 0.730. The molecule has 0 aliphatic rings. The number of hydrogen-bond acceptors (Lipinski definition) is 4. The van der Waals surface area contributed by atoms with E-state index in [9.17, 15) is 4.79 Å². The van der Waals surface area contributed by atoms with Gasteiger partial charge < -0.3 is 4.98 Å². The summed E-state index contributed by atoms with van der Waals surface area (Å²) in [4.78, 5) is 19.6. The fourth-order valence-electron chi connectivity index (χ4n) is 1.81. The maximum absolute atomic E-state index is 12.3. The zero-order valence-corrected chi connectivity index (χ0v) is 10.9. The monoisotopic (exact) mass is 275 g/mol. The van der Waals surface area contributed by atoms with E-state index in [1.54, 1.807) is 12.3 Å². The molecular formula is C12H9N3OS2. The van der Waals surface area contributed by atoms with Crippen molar-refractivity contribution in [2.45, 2.75) is 6.54 Å². The Bertz CT molecular complexity index is 802. The van der Waals surface area contributed by atoms with Gasteiger partial charge in [-0.2, -0.15) is 0 Å². The van der Waals surface area contributed by atoms with Crippen LogP contribution >= 0.6 is 23.6 Å². The van der Waals surface area contributed by atoms with E-state index in [4.69, 9.17) is 12.2 Å². The van der Waals surface area contributed by atoms with Crippen molar-refractivity contribution in [2.75, 3.05) is 0 Å². The van der Waals surface area contributed by atoms with Gasteiger partial charge in [0.2, 0.25) is 0 Å². The topological polar surface area (TPSA) is 50.7 Å². The highest BCUT2D eigenvalue weighted by atomic mass is 32.1. The molecule has 0 aliphatic heterocycles. The van der Waals surface area contributed by atoms with Gasteiger partial charge in [-0.3, -0.25) is 9.36 Å². The summed E-state index contributed by atoms with van der Waals surface area (Å²) in [5, 5.41) is 3.39. The first-order valence-corrected chi connectivity index (χ1v) is 6.65. The first kappa shape index (κ1) is 11.3. The van der Waals surface area contributed by atoms with Gasteiger partial charge in [0.1, 0.15) is 5.01 Å². The third-order valence-electron chi connectivity index (χ3n) is 2.67. The van der Waals surface area contributed by atoms with Gasteiger partial charge in [-0.15, -0.1) is 11.3 Å². The van der Waals surface area contributed by atoms with Crippen molar-refractivity contribution in [3.63, 3.8) is 0 Å². The molecule has 6 heteroatoms. The molecule has 90 valence electrons. The lowest BCUT2D eigenvalue weighted by Crippen LogP contribution is -2.22. The molecule has 0 saturated heterocycles. The molecule has 18 heavy (non-hydrogen) atoms. The number of hydrogen-bond donors (Lipinski definition) is 1. The SMILES string of the molecule is O=c1c2ccccc2[nH]c(=S)n1Cc1nccs1. The first-order chi connectivity index (χ1) is 8.75. The van der Waals surface area contributed by atoms with E-state index >= 15 is 0 Å². The van der Waals surface area contributed by atoms with Gasteiger partial charge >= 0.3 is 0 Å². The molecule has 3 aromatic rings. The van der Waals surface area contributed by atoms with E-state index in [0.29, 0.717) is 16.7 Å². The first-order valence-electron chi connectivity index (χ1n) is 5.36. The second-order valence-corrected chi connectivity index (χ2v) is 5.16.